The third-order valence-electron chi connectivity index (χ3n) is 4.43. The lowest BCUT2D eigenvalue weighted by Gasteiger charge is -2.28. The molecule has 1 fully saturated rings. The van der Waals surface area contributed by atoms with Crippen LogP contribution in [-0.2, 0) is 0 Å². The number of rotatable bonds is 3. The molecular formula is C16H42Cl5N5. The Kier molecular flexibility index (Phi) is 35.4. The zero-order valence-corrected chi connectivity index (χ0v) is 20.7. The van der Waals surface area contributed by atoms with Crippen LogP contribution in [0.3, 0.4) is 0 Å². The molecule has 0 aromatic rings. The summed E-state index contributed by atoms with van der Waals surface area (Å²) in [5.41, 5.74) is 5.66. The first kappa shape index (κ1) is 37.9. The number of likely N-dealkylation sites (N-methyl/N-ethyl adjacent to an activating group) is 3. The van der Waals surface area contributed by atoms with Gasteiger partial charge in [-0.05, 0) is 79.7 Å². The molecule has 0 saturated carbocycles. The van der Waals surface area contributed by atoms with Crippen molar-refractivity contribution in [1.29, 1.82) is 0 Å². The molecule has 1 aliphatic heterocycles. The highest BCUT2D eigenvalue weighted by Crippen LogP contribution is 2.00. The minimum Gasteiger partial charge on any atom is -0.330 e. The van der Waals surface area contributed by atoms with Crippen LogP contribution in [-0.4, -0.2) is 106 Å². The van der Waals surface area contributed by atoms with E-state index in [4.69, 9.17) is 5.73 Å². The molecule has 0 unspecified atom stereocenters. The second kappa shape index (κ2) is 24.3. The van der Waals surface area contributed by atoms with Crippen molar-refractivity contribution in [3.8, 4) is 0 Å². The molecule has 0 amide bonds. The Morgan fingerprint density at radius 3 is 1.27 bits per heavy atom. The van der Waals surface area contributed by atoms with E-state index in [0.29, 0.717) is 0 Å². The van der Waals surface area contributed by atoms with Gasteiger partial charge in [-0.2, -0.15) is 0 Å². The van der Waals surface area contributed by atoms with Gasteiger partial charge in [0.1, 0.15) is 0 Å². The van der Waals surface area contributed by atoms with Crippen molar-refractivity contribution in [2.45, 2.75) is 19.3 Å². The summed E-state index contributed by atoms with van der Waals surface area (Å²) in [6.45, 7) is 11.5. The van der Waals surface area contributed by atoms with Crippen molar-refractivity contribution in [3.05, 3.63) is 0 Å². The molecule has 0 bridgehead atoms. The van der Waals surface area contributed by atoms with Crippen molar-refractivity contribution >= 4 is 62.0 Å². The van der Waals surface area contributed by atoms with E-state index in [1.54, 1.807) is 0 Å². The topological polar surface area (TPSA) is 39.0 Å². The van der Waals surface area contributed by atoms with Crippen LogP contribution in [0.4, 0.5) is 0 Å². The van der Waals surface area contributed by atoms with Gasteiger partial charge in [-0.15, -0.1) is 62.0 Å². The first-order chi connectivity index (χ1) is 10.1. The molecule has 1 rings (SSSR count). The Morgan fingerprint density at radius 1 is 0.577 bits per heavy atom. The van der Waals surface area contributed by atoms with Crippen molar-refractivity contribution in [3.63, 3.8) is 0 Å². The summed E-state index contributed by atoms with van der Waals surface area (Å²) in [7, 11) is 6.73. The highest BCUT2D eigenvalue weighted by Gasteiger charge is 2.09. The molecule has 0 atom stereocenters. The molecule has 1 heterocycles. The van der Waals surface area contributed by atoms with Gasteiger partial charge in [0.15, 0.2) is 0 Å². The predicted octanol–water partition coefficient (Wildman–Crippen LogP) is 2.34. The summed E-state index contributed by atoms with van der Waals surface area (Å²) in [4.78, 5) is 9.99. The Hall–Kier alpha value is 1.25. The normalized spacial score (nSPS) is 19.4. The molecule has 0 aromatic carbocycles. The summed E-state index contributed by atoms with van der Waals surface area (Å²) in [5, 5.41) is 0. The van der Waals surface area contributed by atoms with Crippen LogP contribution in [0.5, 0.6) is 0 Å². The molecule has 1 saturated heterocycles. The molecule has 1 aliphatic rings. The first-order valence-electron chi connectivity index (χ1n) is 8.60. The van der Waals surface area contributed by atoms with Gasteiger partial charge < -0.3 is 25.3 Å². The molecule has 0 spiro atoms. The average molecular weight is 482 g/mol. The van der Waals surface area contributed by atoms with E-state index in [0.717, 1.165) is 19.5 Å². The lowest BCUT2D eigenvalue weighted by atomic mass is 10.2. The van der Waals surface area contributed by atoms with Crippen molar-refractivity contribution in [1.82, 2.24) is 19.6 Å². The zero-order chi connectivity index (χ0) is 15.5. The van der Waals surface area contributed by atoms with Crippen LogP contribution in [0.1, 0.15) is 19.3 Å². The van der Waals surface area contributed by atoms with E-state index in [-0.39, 0.29) is 62.0 Å². The minimum atomic E-state index is 0. The molecule has 5 nitrogen and oxygen atoms in total. The van der Waals surface area contributed by atoms with Crippen LogP contribution in [0.25, 0.3) is 0 Å². The summed E-state index contributed by atoms with van der Waals surface area (Å²) in [6, 6.07) is 0. The van der Waals surface area contributed by atoms with E-state index in [1.165, 1.54) is 65.2 Å². The minimum absolute atomic E-state index is 0. The van der Waals surface area contributed by atoms with E-state index in [9.17, 15) is 0 Å². The van der Waals surface area contributed by atoms with Gasteiger partial charge in [0, 0.05) is 26.2 Å². The van der Waals surface area contributed by atoms with Crippen molar-refractivity contribution < 1.29 is 0 Å². The molecule has 0 radical (unpaired) electrons. The number of hydrogen-bond acceptors (Lipinski definition) is 5. The molecule has 10 heteroatoms. The van der Waals surface area contributed by atoms with Gasteiger partial charge in [0.2, 0.25) is 0 Å². The van der Waals surface area contributed by atoms with Gasteiger partial charge in [-0.1, -0.05) is 0 Å². The SMILES string of the molecule is CN1CCCN(CCCN)CCCN(C)CCN(C)CC1.Cl.Cl.Cl.Cl.Cl. The van der Waals surface area contributed by atoms with Gasteiger partial charge >= 0.3 is 0 Å². The Balaban J connectivity index is -0.000000294. The maximum atomic E-state index is 5.66. The van der Waals surface area contributed by atoms with Gasteiger partial charge in [0.25, 0.3) is 0 Å². The summed E-state index contributed by atoms with van der Waals surface area (Å²) in [5.74, 6) is 0. The first-order valence-corrected chi connectivity index (χ1v) is 8.60. The van der Waals surface area contributed by atoms with Crippen LogP contribution in [0.2, 0.25) is 0 Å². The van der Waals surface area contributed by atoms with Crippen LogP contribution in [0.15, 0.2) is 0 Å². The molecule has 0 aromatic heterocycles. The smallest absolute Gasteiger partial charge is 0.0107 e. The maximum Gasteiger partial charge on any atom is 0.0107 e. The van der Waals surface area contributed by atoms with Crippen LogP contribution >= 0.6 is 62.0 Å². The fourth-order valence-electron chi connectivity index (χ4n) is 2.80. The highest BCUT2D eigenvalue weighted by atomic mass is 35.5. The van der Waals surface area contributed by atoms with E-state index >= 15 is 0 Å². The maximum absolute atomic E-state index is 5.66. The Bertz CT molecular complexity index is 247. The fraction of sp³-hybridized carbons (Fsp3) is 1.00. The number of nitrogens with zero attached hydrogens (tertiary/aromatic N) is 4. The van der Waals surface area contributed by atoms with Gasteiger partial charge in [-0.3, -0.25) is 0 Å². The average Bonchev–Trinajstić information content (AvgIpc) is 2.47. The second-order valence-corrected chi connectivity index (χ2v) is 6.60. The third-order valence-corrected chi connectivity index (χ3v) is 4.43. The molecular weight excluding hydrogens is 439 g/mol. The third kappa shape index (κ3) is 20.0. The molecule has 0 aliphatic carbocycles. The largest absolute Gasteiger partial charge is 0.330 e. The van der Waals surface area contributed by atoms with Crippen molar-refractivity contribution in [2.24, 2.45) is 5.73 Å². The van der Waals surface area contributed by atoms with E-state index in [2.05, 4.69) is 40.7 Å². The Labute approximate surface area is 192 Å². The second-order valence-electron chi connectivity index (χ2n) is 6.60. The summed E-state index contributed by atoms with van der Waals surface area (Å²) < 4.78 is 0. The number of hydrogen-bond donors (Lipinski definition) is 1. The zero-order valence-electron chi connectivity index (χ0n) is 16.6. The quantitative estimate of drug-likeness (QED) is 0.670. The van der Waals surface area contributed by atoms with E-state index in [1.807, 2.05) is 0 Å². The van der Waals surface area contributed by atoms with Crippen LogP contribution < -0.4 is 5.73 Å². The lowest BCUT2D eigenvalue weighted by Crippen LogP contribution is -2.38. The standard InChI is InChI=1S/C16H37N5.5ClH/c1-18-8-5-11-21(10-4-7-17)12-6-9-19(2)14-16-20(3)15-13-18;;;;;/h4-17H2,1-3H3;5*1H. The predicted molar refractivity (Wildman–Crippen MR) is 128 cm³/mol. The molecule has 26 heavy (non-hydrogen) atoms. The van der Waals surface area contributed by atoms with E-state index < -0.39 is 0 Å². The molecule has 166 valence electrons. The number of nitrogens with two attached hydrogens (primary N) is 1. The number of halogens is 5. The Morgan fingerprint density at radius 2 is 0.923 bits per heavy atom. The monoisotopic (exact) mass is 479 g/mol. The van der Waals surface area contributed by atoms with Gasteiger partial charge in [-0.25, -0.2) is 0 Å². The molecule has 2 N–H and O–H groups in total. The lowest BCUT2D eigenvalue weighted by molar-refractivity contribution is 0.192. The van der Waals surface area contributed by atoms with Crippen molar-refractivity contribution in [2.75, 3.05) is 86.6 Å². The summed E-state index contributed by atoms with van der Waals surface area (Å²) in [6.07, 6.45) is 3.65. The highest BCUT2D eigenvalue weighted by molar-refractivity contribution is 5.86. The van der Waals surface area contributed by atoms with Gasteiger partial charge in [0.05, 0.1) is 0 Å². The summed E-state index contributed by atoms with van der Waals surface area (Å²) >= 11 is 0. The fourth-order valence-corrected chi connectivity index (χ4v) is 2.80. The van der Waals surface area contributed by atoms with Crippen LogP contribution in [0, 0.1) is 0 Å².